The van der Waals surface area contributed by atoms with Gasteiger partial charge in [-0.1, -0.05) is 12.1 Å². The second-order valence-corrected chi connectivity index (χ2v) is 9.16. The van der Waals surface area contributed by atoms with Crippen LogP contribution in [0.15, 0.2) is 47.6 Å². The lowest BCUT2D eigenvalue weighted by molar-refractivity contribution is -0.123. The van der Waals surface area contributed by atoms with Crippen molar-refractivity contribution in [3.05, 3.63) is 42.7 Å². The average molecular weight is 385 g/mol. The van der Waals surface area contributed by atoms with E-state index in [0.717, 1.165) is 0 Å². The SMILES string of the molecule is N#CC1(NC(=O)C2CC(S(=O)(=O)c3ccccc3-n3cccn3)CN2)CC1. The predicted molar refractivity (Wildman–Crippen MR) is 96.7 cm³/mol. The fraction of sp³-hybridized carbons (Fsp3) is 0.389. The molecule has 1 amide bonds. The number of hydrogen-bond acceptors (Lipinski definition) is 6. The maximum atomic E-state index is 13.2. The summed E-state index contributed by atoms with van der Waals surface area (Å²) in [5.74, 6) is -0.313. The number of hydrogen-bond donors (Lipinski definition) is 2. The van der Waals surface area contributed by atoms with Crippen LogP contribution in [0.25, 0.3) is 5.69 Å². The zero-order valence-electron chi connectivity index (χ0n) is 14.5. The fourth-order valence-corrected chi connectivity index (χ4v) is 5.17. The minimum absolute atomic E-state index is 0.170. The van der Waals surface area contributed by atoms with E-state index in [1.54, 1.807) is 42.7 Å². The van der Waals surface area contributed by atoms with E-state index in [1.807, 2.05) is 0 Å². The molecular formula is C18H19N5O3S. The fourth-order valence-electron chi connectivity index (χ4n) is 3.33. The first-order valence-corrected chi connectivity index (χ1v) is 10.3. The van der Waals surface area contributed by atoms with Gasteiger partial charge in [0.15, 0.2) is 9.84 Å². The summed E-state index contributed by atoms with van der Waals surface area (Å²) in [5.41, 5.74) is -0.278. The van der Waals surface area contributed by atoms with Crippen molar-refractivity contribution < 1.29 is 13.2 Å². The number of carbonyl (C=O) groups is 1. The lowest BCUT2D eigenvalue weighted by Crippen LogP contribution is -2.45. The summed E-state index contributed by atoms with van der Waals surface area (Å²) in [4.78, 5) is 12.6. The van der Waals surface area contributed by atoms with Crippen molar-refractivity contribution in [2.24, 2.45) is 0 Å². The van der Waals surface area contributed by atoms with Crippen molar-refractivity contribution in [3.63, 3.8) is 0 Å². The summed E-state index contributed by atoms with van der Waals surface area (Å²) in [6, 6.07) is 9.92. The second-order valence-electron chi connectivity index (χ2n) is 6.97. The van der Waals surface area contributed by atoms with Gasteiger partial charge in [-0.15, -0.1) is 0 Å². The molecule has 4 rings (SSSR count). The first-order chi connectivity index (χ1) is 13.0. The van der Waals surface area contributed by atoms with Crippen LogP contribution in [0.1, 0.15) is 19.3 Å². The molecule has 140 valence electrons. The van der Waals surface area contributed by atoms with Gasteiger partial charge in [0, 0.05) is 18.9 Å². The van der Waals surface area contributed by atoms with Crippen LogP contribution in [0.3, 0.4) is 0 Å². The lowest BCUT2D eigenvalue weighted by Gasteiger charge is -2.16. The van der Waals surface area contributed by atoms with E-state index < -0.39 is 26.7 Å². The molecule has 1 saturated heterocycles. The largest absolute Gasteiger partial charge is 0.336 e. The molecule has 8 nitrogen and oxygen atoms in total. The molecular weight excluding hydrogens is 366 g/mol. The van der Waals surface area contributed by atoms with E-state index in [4.69, 9.17) is 5.26 Å². The zero-order valence-corrected chi connectivity index (χ0v) is 15.3. The topological polar surface area (TPSA) is 117 Å². The smallest absolute Gasteiger partial charge is 0.238 e. The van der Waals surface area contributed by atoms with Gasteiger partial charge in [0.25, 0.3) is 0 Å². The van der Waals surface area contributed by atoms with Crippen LogP contribution < -0.4 is 10.6 Å². The van der Waals surface area contributed by atoms with Crippen LogP contribution >= 0.6 is 0 Å². The number of aromatic nitrogens is 2. The molecule has 2 aromatic rings. The van der Waals surface area contributed by atoms with Crippen molar-refractivity contribution in [1.29, 1.82) is 5.26 Å². The molecule has 1 saturated carbocycles. The maximum absolute atomic E-state index is 13.2. The van der Waals surface area contributed by atoms with Gasteiger partial charge in [-0.3, -0.25) is 4.79 Å². The van der Waals surface area contributed by atoms with Gasteiger partial charge < -0.3 is 10.6 Å². The molecule has 0 bridgehead atoms. The van der Waals surface area contributed by atoms with E-state index in [-0.39, 0.29) is 23.8 Å². The highest BCUT2D eigenvalue weighted by atomic mass is 32.2. The zero-order chi connectivity index (χ0) is 19.1. The van der Waals surface area contributed by atoms with Crippen LogP contribution in [-0.2, 0) is 14.6 Å². The molecule has 1 aromatic heterocycles. The quantitative estimate of drug-likeness (QED) is 0.776. The van der Waals surface area contributed by atoms with Gasteiger partial charge >= 0.3 is 0 Å². The summed E-state index contributed by atoms with van der Waals surface area (Å²) in [6.45, 7) is 0.188. The Morgan fingerprint density at radius 3 is 2.78 bits per heavy atom. The standard InChI is InChI=1S/C18H19N5O3S/c19-12-18(6-7-18)22-17(24)14-10-13(11-20-14)27(25,26)16-5-2-1-4-15(16)23-9-3-8-21-23/h1-5,8-9,13-14,20H,6-7,10-11H2,(H,22,24). The van der Waals surface area contributed by atoms with E-state index in [1.165, 1.54) is 4.68 Å². The van der Waals surface area contributed by atoms with Gasteiger partial charge in [0.2, 0.25) is 5.91 Å². The minimum Gasteiger partial charge on any atom is -0.336 e. The van der Waals surface area contributed by atoms with Crippen molar-refractivity contribution in [2.75, 3.05) is 6.54 Å². The molecule has 2 fully saturated rings. The molecule has 1 aromatic carbocycles. The summed E-state index contributed by atoms with van der Waals surface area (Å²) in [6.07, 6.45) is 4.73. The molecule has 2 heterocycles. The summed E-state index contributed by atoms with van der Waals surface area (Å²) in [5, 5.41) is 18.2. The number of rotatable bonds is 5. The van der Waals surface area contributed by atoms with Crippen molar-refractivity contribution in [2.45, 2.75) is 41.0 Å². The van der Waals surface area contributed by atoms with Crippen LogP contribution in [-0.4, -0.2) is 47.5 Å². The monoisotopic (exact) mass is 385 g/mol. The number of sulfone groups is 1. The molecule has 1 aliphatic carbocycles. The molecule has 1 aliphatic heterocycles. The average Bonchev–Trinajstić information content (AvgIpc) is 3.10. The highest BCUT2D eigenvalue weighted by Crippen LogP contribution is 2.35. The van der Waals surface area contributed by atoms with Crippen molar-refractivity contribution in [3.8, 4) is 11.8 Å². The van der Waals surface area contributed by atoms with Gasteiger partial charge in [0.1, 0.15) is 5.54 Å². The number of nitrogens with one attached hydrogen (secondary N) is 2. The van der Waals surface area contributed by atoms with Gasteiger partial charge in [0.05, 0.1) is 27.9 Å². The molecule has 9 heteroatoms. The number of para-hydroxylation sites is 1. The van der Waals surface area contributed by atoms with E-state index in [0.29, 0.717) is 18.5 Å². The lowest BCUT2D eigenvalue weighted by atomic mass is 10.2. The van der Waals surface area contributed by atoms with E-state index in [2.05, 4.69) is 21.8 Å². The molecule has 2 unspecified atom stereocenters. The van der Waals surface area contributed by atoms with E-state index >= 15 is 0 Å². The number of carbonyl (C=O) groups excluding carboxylic acids is 1. The third kappa shape index (κ3) is 3.22. The molecule has 2 atom stereocenters. The van der Waals surface area contributed by atoms with E-state index in [9.17, 15) is 13.2 Å². The number of amides is 1. The van der Waals surface area contributed by atoms with Crippen LogP contribution in [0.5, 0.6) is 0 Å². The Hall–Kier alpha value is -2.70. The molecule has 27 heavy (non-hydrogen) atoms. The summed E-state index contributed by atoms with van der Waals surface area (Å²) < 4.78 is 27.9. The Bertz CT molecular complexity index is 1010. The third-order valence-electron chi connectivity index (χ3n) is 5.10. The molecule has 0 radical (unpaired) electrons. The molecule has 0 spiro atoms. The highest BCUT2D eigenvalue weighted by Gasteiger charge is 2.47. The number of benzene rings is 1. The van der Waals surface area contributed by atoms with Crippen LogP contribution in [0, 0.1) is 11.3 Å². The maximum Gasteiger partial charge on any atom is 0.238 e. The first kappa shape index (κ1) is 17.7. The van der Waals surface area contributed by atoms with Crippen molar-refractivity contribution >= 4 is 15.7 Å². The third-order valence-corrected chi connectivity index (χ3v) is 7.29. The minimum atomic E-state index is -3.66. The van der Waals surface area contributed by atoms with Gasteiger partial charge in [-0.05, 0) is 37.5 Å². The predicted octanol–water partition coefficient (Wildman–Crippen LogP) is 0.549. The Morgan fingerprint density at radius 2 is 2.11 bits per heavy atom. The Labute approximate surface area is 157 Å². The van der Waals surface area contributed by atoms with Crippen molar-refractivity contribution in [1.82, 2.24) is 20.4 Å². The molecule has 2 N–H and O–H groups in total. The first-order valence-electron chi connectivity index (χ1n) is 8.75. The number of nitriles is 1. The second kappa shape index (κ2) is 6.48. The number of nitrogens with zero attached hydrogens (tertiary/aromatic N) is 3. The Balaban J connectivity index is 1.54. The van der Waals surface area contributed by atoms with Gasteiger partial charge in [-0.25, -0.2) is 13.1 Å². The van der Waals surface area contributed by atoms with Crippen LogP contribution in [0.4, 0.5) is 0 Å². The highest BCUT2D eigenvalue weighted by molar-refractivity contribution is 7.92. The summed E-state index contributed by atoms with van der Waals surface area (Å²) >= 11 is 0. The molecule has 2 aliphatic rings. The summed E-state index contributed by atoms with van der Waals surface area (Å²) in [7, 11) is -3.66. The normalized spacial score (nSPS) is 23.5. The van der Waals surface area contributed by atoms with Gasteiger partial charge in [-0.2, -0.15) is 10.4 Å². The van der Waals surface area contributed by atoms with Crippen LogP contribution in [0.2, 0.25) is 0 Å². The Morgan fingerprint density at radius 1 is 1.33 bits per heavy atom. The Kier molecular flexibility index (Phi) is 4.25.